The molecule has 116 valence electrons. The summed E-state index contributed by atoms with van der Waals surface area (Å²) < 4.78 is 13.1. The summed E-state index contributed by atoms with van der Waals surface area (Å²) in [5.41, 5.74) is -0.0949. The van der Waals surface area contributed by atoms with Crippen molar-refractivity contribution in [3.05, 3.63) is 35.6 Å². The molecular weight excluding hydrogens is 273 g/mol. The molecule has 0 aromatic heterocycles. The summed E-state index contributed by atoms with van der Waals surface area (Å²) in [5.74, 6) is -1.65. The zero-order chi connectivity index (χ0) is 16.0. The Morgan fingerprint density at radius 1 is 1.38 bits per heavy atom. The van der Waals surface area contributed by atoms with E-state index in [-0.39, 0.29) is 17.6 Å². The maximum Gasteiger partial charge on any atom is 0.309 e. The monoisotopic (exact) mass is 295 g/mol. The van der Waals surface area contributed by atoms with Gasteiger partial charge in [0.15, 0.2) is 0 Å². The predicted octanol–water partition coefficient (Wildman–Crippen LogP) is 2.62. The summed E-state index contributed by atoms with van der Waals surface area (Å²) in [6, 6.07) is 6.17. The van der Waals surface area contributed by atoms with Gasteiger partial charge in [-0.05, 0) is 44.4 Å². The minimum Gasteiger partial charge on any atom is -0.481 e. The van der Waals surface area contributed by atoms with Gasteiger partial charge in [0.05, 0.1) is 5.41 Å². The number of rotatable bonds is 7. The van der Waals surface area contributed by atoms with Crippen molar-refractivity contribution in [2.75, 3.05) is 6.54 Å². The molecule has 0 aliphatic carbocycles. The summed E-state index contributed by atoms with van der Waals surface area (Å²) in [7, 11) is 0. The van der Waals surface area contributed by atoms with Crippen LogP contribution in [0.1, 0.15) is 32.8 Å². The molecule has 0 aliphatic rings. The molecule has 21 heavy (non-hydrogen) atoms. The first kappa shape index (κ1) is 17.1. The number of hydrogen-bond acceptors (Lipinski definition) is 2. The van der Waals surface area contributed by atoms with E-state index in [0.717, 1.165) is 5.56 Å². The number of carbonyl (C=O) groups is 2. The van der Waals surface area contributed by atoms with Crippen molar-refractivity contribution in [2.45, 2.75) is 33.6 Å². The SMILES string of the molecule is CC(Cc1cccc(F)c1)C(=O)NCCC(C)(C)C(=O)O. The third-order valence-electron chi connectivity index (χ3n) is 3.51. The summed E-state index contributed by atoms with van der Waals surface area (Å²) in [6.07, 6.45) is 0.812. The van der Waals surface area contributed by atoms with Crippen molar-refractivity contribution in [3.8, 4) is 0 Å². The molecule has 0 spiro atoms. The second kappa shape index (κ2) is 7.20. The van der Waals surface area contributed by atoms with Crippen LogP contribution in [0.25, 0.3) is 0 Å². The van der Waals surface area contributed by atoms with Gasteiger partial charge in [-0.3, -0.25) is 9.59 Å². The first-order chi connectivity index (χ1) is 9.72. The Labute approximate surface area is 124 Å². The Balaban J connectivity index is 2.43. The molecule has 4 nitrogen and oxygen atoms in total. The highest BCUT2D eigenvalue weighted by atomic mass is 19.1. The molecule has 0 heterocycles. The molecule has 5 heteroatoms. The molecule has 1 aromatic carbocycles. The first-order valence-electron chi connectivity index (χ1n) is 6.98. The van der Waals surface area contributed by atoms with Crippen molar-refractivity contribution in [1.29, 1.82) is 0 Å². The van der Waals surface area contributed by atoms with Gasteiger partial charge < -0.3 is 10.4 Å². The molecule has 1 rings (SSSR count). The van der Waals surface area contributed by atoms with Gasteiger partial charge in [0.25, 0.3) is 0 Å². The first-order valence-corrected chi connectivity index (χ1v) is 6.98. The second-order valence-corrected chi connectivity index (χ2v) is 5.97. The number of halogens is 1. The van der Waals surface area contributed by atoms with Crippen molar-refractivity contribution in [3.63, 3.8) is 0 Å². The number of nitrogens with one attached hydrogen (secondary N) is 1. The minimum absolute atomic E-state index is 0.152. The Morgan fingerprint density at radius 2 is 2.05 bits per heavy atom. The Morgan fingerprint density at radius 3 is 2.62 bits per heavy atom. The van der Waals surface area contributed by atoms with Crippen molar-refractivity contribution in [2.24, 2.45) is 11.3 Å². The third-order valence-corrected chi connectivity index (χ3v) is 3.51. The molecule has 1 aromatic rings. The van der Waals surface area contributed by atoms with Gasteiger partial charge in [0.1, 0.15) is 5.82 Å². The van der Waals surface area contributed by atoms with Gasteiger partial charge >= 0.3 is 5.97 Å². The van der Waals surface area contributed by atoms with Crippen LogP contribution in [-0.2, 0) is 16.0 Å². The van der Waals surface area contributed by atoms with Crippen LogP contribution in [0.2, 0.25) is 0 Å². The fraction of sp³-hybridized carbons (Fsp3) is 0.500. The van der Waals surface area contributed by atoms with Crippen LogP contribution < -0.4 is 5.32 Å². The maximum absolute atomic E-state index is 13.1. The van der Waals surface area contributed by atoms with E-state index in [1.807, 2.05) is 0 Å². The third kappa shape index (κ3) is 5.53. The van der Waals surface area contributed by atoms with Crippen molar-refractivity contribution in [1.82, 2.24) is 5.32 Å². The molecule has 2 N–H and O–H groups in total. The van der Waals surface area contributed by atoms with E-state index >= 15 is 0 Å². The highest BCUT2D eigenvalue weighted by molar-refractivity contribution is 5.78. The number of aliphatic carboxylic acids is 1. The van der Waals surface area contributed by atoms with E-state index in [0.29, 0.717) is 19.4 Å². The second-order valence-electron chi connectivity index (χ2n) is 5.97. The molecule has 0 saturated carbocycles. The molecular formula is C16H22FNO3. The molecule has 0 fully saturated rings. The van der Waals surface area contributed by atoms with E-state index in [1.165, 1.54) is 12.1 Å². The standard InChI is InChI=1S/C16H22FNO3/c1-11(9-12-5-4-6-13(17)10-12)14(19)18-8-7-16(2,3)15(20)21/h4-6,10-11H,7-9H2,1-3H3,(H,18,19)(H,20,21). The minimum atomic E-state index is -0.885. The quantitative estimate of drug-likeness (QED) is 0.812. The van der Waals surface area contributed by atoms with Crippen molar-refractivity contribution >= 4 is 11.9 Å². The molecule has 0 saturated heterocycles. The van der Waals surface area contributed by atoms with E-state index < -0.39 is 11.4 Å². The van der Waals surface area contributed by atoms with E-state index in [9.17, 15) is 14.0 Å². The molecule has 1 unspecified atom stereocenters. The van der Waals surface area contributed by atoms with Crippen LogP contribution in [0, 0.1) is 17.2 Å². The lowest BCUT2D eigenvalue weighted by atomic mass is 9.89. The topological polar surface area (TPSA) is 66.4 Å². The summed E-state index contributed by atoms with van der Waals surface area (Å²) in [4.78, 5) is 22.9. The number of carboxylic acid groups (broad SMARTS) is 1. The van der Waals surface area contributed by atoms with Gasteiger partial charge in [-0.25, -0.2) is 4.39 Å². The molecule has 1 amide bonds. The smallest absolute Gasteiger partial charge is 0.309 e. The average molecular weight is 295 g/mol. The van der Waals surface area contributed by atoms with Crippen molar-refractivity contribution < 1.29 is 19.1 Å². The Bertz CT molecular complexity index is 514. The largest absolute Gasteiger partial charge is 0.481 e. The lowest BCUT2D eigenvalue weighted by Crippen LogP contribution is -2.35. The molecule has 0 bridgehead atoms. The summed E-state index contributed by atoms with van der Waals surface area (Å²) in [5, 5.41) is 11.7. The van der Waals surface area contributed by atoms with E-state index in [2.05, 4.69) is 5.32 Å². The zero-order valence-electron chi connectivity index (χ0n) is 12.6. The predicted molar refractivity (Wildman–Crippen MR) is 78.3 cm³/mol. The van der Waals surface area contributed by atoms with Crippen LogP contribution in [0.15, 0.2) is 24.3 Å². The van der Waals surface area contributed by atoms with Gasteiger partial charge in [-0.15, -0.1) is 0 Å². The highest BCUT2D eigenvalue weighted by Gasteiger charge is 2.26. The van der Waals surface area contributed by atoms with Crippen LogP contribution in [0.5, 0.6) is 0 Å². The summed E-state index contributed by atoms with van der Waals surface area (Å²) >= 11 is 0. The lowest BCUT2D eigenvalue weighted by molar-refractivity contribution is -0.147. The zero-order valence-corrected chi connectivity index (χ0v) is 12.6. The molecule has 0 radical (unpaired) electrons. The van der Waals surface area contributed by atoms with E-state index in [4.69, 9.17) is 5.11 Å². The van der Waals surface area contributed by atoms with Crippen LogP contribution in [0.3, 0.4) is 0 Å². The van der Waals surface area contributed by atoms with Crippen LogP contribution >= 0.6 is 0 Å². The number of carbonyl (C=O) groups excluding carboxylic acids is 1. The van der Waals surface area contributed by atoms with Crippen LogP contribution in [0.4, 0.5) is 4.39 Å². The number of carboxylic acids is 1. The number of amides is 1. The highest BCUT2D eigenvalue weighted by Crippen LogP contribution is 2.19. The van der Waals surface area contributed by atoms with Crippen LogP contribution in [-0.4, -0.2) is 23.5 Å². The normalized spacial score (nSPS) is 12.8. The fourth-order valence-electron chi connectivity index (χ4n) is 1.89. The Hall–Kier alpha value is -1.91. The van der Waals surface area contributed by atoms with Gasteiger partial charge in [0, 0.05) is 12.5 Å². The molecule has 1 atom stereocenters. The number of hydrogen-bond donors (Lipinski definition) is 2. The van der Waals surface area contributed by atoms with Gasteiger partial charge in [-0.2, -0.15) is 0 Å². The van der Waals surface area contributed by atoms with Gasteiger partial charge in [0.2, 0.25) is 5.91 Å². The average Bonchev–Trinajstić information content (AvgIpc) is 2.38. The molecule has 0 aliphatic heterocycles. The van der Waals surface area contributed by atoms with Gasteiger partial charge in [-0.1, -0.05) is 19.1 Å². The maximum atomic E-state index is 13.1. The fourth-order valence-corrected chi connectivity index (χ4v) is 1.89. The Kier molecular flexibility index (Phi) is 5.88. The van der Waals surface area contributed by atoms with E-state index in [1.54, 1.807) is 32.9 Å². The lowest BCUT2D eigenvalue weighted by Gasteiger charge is -2.20. The summed E-state index contributed by atoms with van der Waals surface area (Å²) in [6.45, 7) is 5.32. The number of benzene rings is 1.